The molecule has 0 atom stereocenters. The standard InChI is InChI=1S/C13H18F3N3O2/c1-12(2,3)10(20)18-4-6-19(7-5-18)11-17-9(8-21-11)13(14,15)16/h8H,4-7H2,1-3H3. The van der Waals surface area contributed by atoms with Crippen LogP contribution >= 0.6 is 0 Å². The Balaban J connectivity index is 1.98. The average Bonchev–Trinajstić information content (AvgIpc) is 2.86. The highest BCUT2D eigenvalue weighted by Crippen LogP contribution is 2.30. The van der Waals surface area contributed by atoms with Gasteiger partial charge < -0.3 is 14.2 Å². The van der Waals surface area contributed by atoms with Crippen molar-refractivity contribution in [1.29, 1.82) is 0 Å². The van der Waals surface area contributed by atoms with Crippen LogP contribution in [0.5, 0.6) is 0 Å². The molecule has 118 valence electrons. The number of rotatable bonds is 1. The minimum Gasteiger partial charge on any atom is -0.431 e. The van der Waals surface area contributed by atoms with E-state index in [0.29, 0.717) is 32.4 Å². The summed E-state index contributed by atoms with van der Waals surface area (Å²) in [6.07, 6.45) is -3.90. The second-order valence-electron chi connectivity index (χ2n) is 6.04. The number of halogens is 3. The van der Waals surface area contributed by atoms with E-state index in [2.05, 4.69) is 4.98 Å². The molecule has 1 aromatic rings. The number of piperazine rings is 1. The van der Waals surface area contributed by atoms with Gasteiger partial charge in [0.25, 0.3) is 6.01 Å². The fourth-order valence-corrected chi connectivity index (χ4v) is 2.11. The van der Waals surface area contributed by atoms with E-state index in [4.69, 9.17) is 4.42 Å². The zero-order valence-corrected chi connectivity index (χ0v) is 12.2. The van der Waals surface area contributed by atoms with Crippen LogP contribution in [0.1, 0.15) is 26.5 Å². The first-order chi connectivity index (χ1) is 9.59. The van der Waals surface area contributed by atoms with Crippen LogP contribution < -0.4 is 4.90 Å². The average molecular weight is 305 g/mol. The lowest BCUT2D eigenvalue weighted by molar-refractivity contribution is -0.141. The summed E-state index contributed by atoms with van der Waals surface area (Å²) in [6, 6.07) is -0.0508. The second kappa shape index (κ2) is 5.23. The molecule has 0 N–H and O–H groups in total. The smallest absolute Gasteiger partial charge is 0.431 e. The zero-order chi connectivity index (χ0) is 15.8. The predicted molar refractivity (Wildman–Crippen MR) is 69.8 cm³/mol. The van der Waals surface area contributed by atoms with Crippen molar-refractivity contribution in [2.24, 2.45) is 5.41 Å². The molecule has 5 nitrogen and oxygen atoms in total. The summed E-state index contributed by atoms with van der Waals surface area (Å²) in [4.78, 5) is 18.9. The van der Waals surface area contributed by atoms with E-state index in [1.54, 1.807) is 9.80 Å². The maximum Gasteiger partial charge on any atom is 0.436 e. The number of aromatic nitrogens is 1. The van der Waals surface area contributed by atoms with Crippen molar-refractivity contribution in [1.82, 2.24) is 9.88 Å². The molecule has 1 aromatic heterocycles. The Morgan fingerprint density at radius 3 is 2.19 bits per heavy atom. The van der Waals surface area contributed by atoms with Gasteiger partial charge in [0.05, 0.1) is 0 Å². The van der Waals surface area contributed by atoms with Crippen molar-refractivity contribution in [2.75, 3.05) is 31.1 Å². The number of carbonyl (C=O) groups excluding carboxylic acids is 1. The molecule has 0 saturated carbocycles. The van der Waals surface area contributed by atoms with Gasteiger partial charge in [0, 0.05) is 31.6 Å². The lowest BCUT2D eigenvalue weighted by Gasteiger charge is -2.36. The molecule has 1 aliphatic rings. The summed E-state index contributed by atoms with van der Waals surface area (Å²) in [5.41, 5.74) is -1.50. The molecule has 21 heavy (non-hydrogen) atoms. The lowest BCUT2D eigenvalue weighted by atomic mass is 9.94. The maximum absolute atomic E-state index is 12.5. The van der Waals surface area contributed by atoms with Crippen LogP contribution in [0.25, 0.3) is 0 Å². The normalized spacial score (nSPS) is 17.2. The van der Waals surface area contributed by atoms with Crippen LogP contribution in [0, 0.1) is 5.41 Å². The zero-order valence-electron chi connectivity index (χ0n) is 12.2. The fourth-order valence-electron chi connectivity index (χ4n) is 2.11. The van der Waals surface area contributed by atoms with Gasteiger partial charge in [-0.1, -0.05) is 20.8 Å². The van der Waals surface area contributed by atoms with Gasteiger partial charge in [-0.25, -0.2) is 0 Å². The Morgan fingerprint density at radius 2 is 1.76 bits per heavy atom. The molecule has 1 amide bonds. The van der Waals surface area contributed by atoms with Crippen LogP contribution in [0.4, 0.5) is 19.2 Å². The van der Waals surface area contributed by atoms with Crippen molar-refractivity contribution < 1.29 is 22.4 Å². The van der Waals surface area contributed by atoms with E-state index in [1.807, 2.05) is 20.8 Å². The van der Waals surface area contributed by atoms with Crippen LogP contribution in [-0.4, -0.2) is 42.0 Å². The van der Waals surface area contributed by atoms with Crippen LogP contribution in [0.15, 0.2) is 10.7 Å². The minimum atomic E-state index is -4.51. The molecule has 2 heterocycles. The third-order valence-electron chi connectivity index (χ3n) is 3.26. The molecule has 0 spiro atoms. The molecular weight excluding hydrogens is 287 g/mol. The first-order valence-corrected chi connectivity index (χ1v) is 6.66. The number of oxazole rings is 1. The third kappa shape index (κ3) is 3.48. The Morgan fingerprint density at radius 1 is 1.19 bits per heavy atom. The Kier molecular flexibility index (Phi) is 3.90. The molecule has 8 heteroatoms. The molecule has 0 aromatic carbocycles. The highest BCUT2D eigenvalue weighted by molar-refractivity contribution is 5.81. The van der Waals surface area contributed by atoms with Crippen molar-refractivity contribution in [3.05, 3.63) is 12.0 Å². The SMILES string of the molecule is CC(C)(C)C(=O)N1CCN(c2nc(C(F)(F)F)co2)CC1. The van der Waals surface area contributed by atoms with Gasteiger partial charge >= 0.3 is 6.18 Å². The molecule has 2 rings (SSSR count). The Labute approximate surface area is 120 Å². The van der Waals surface area contributed by atoms with Crippen molar-refractivity contribution >= 4 is 11.9 Å². The molecule has 0 bridgehead atoms. The van der Waals surface area contributed by atoms with Crippen LogP contribution in [-0.2, 0) is 11.0 Å². The Hall–Kier alpha value is -1.73. The number of alkyl halides is 3. The van der Waals surface area contributed by atoms with Gasteiger partial charge in [0.1, 0.15) is 6.26 Å². The number of hydrogen-bond acceptors (Lipinski definition) is 4. The number of anilines is 1. The number of amides is 1. The first-order valence-electron chi connectivity index (χ1n) is 6.66. The number of nitrogens with zero attached hydrogens (tertiary/aromatic N) is 3. The molecule has 1 fully saturated rings. The molecule has 0 unspecified atom stereocenters. The van der Waals surface area contributed by atoms with Crippen molar-refractivity contribution in [3.8, 4) is 0 Å². The third-order valence-corrected chi connectivity index (χ3v) is 3.26. The summed E-state index contributed by atoms with van der Waals surface area (Å²) in [5, 5.41) is 0. The predicted octanol–water partition coefficient (Wildman–Crippen LogP) is 2.39. The highest BCUT2D eigenvalue weighted by Gasteiger charge is 2.36. The number of hydrogen-bond donors (Lipinski definition) is 0. The summed E-state index contributed by atoms with van der Waals surface area (Å²) >= 11 is 0. The summed E-state index contributed by atoms with van der Waals surface area (Å²) in [6.45, 7) is 7.21. The van der Waals surface area contributed by atoms with E-state index in [-0.39, 0.29) is 11.9 Å². The van der Waals surface area contributed by atoms with Gasteiger partial charge in [-0.05, 0) is 0 Å². The van der Waals surface area contributed by atoms with E-state index in [9.17, 15) is 18.0 Å². The van der Waals surface area contributed by atoms with Gasteiger partial charge in [0.2, 0.25) is 5.91 Å². The fraction of sp³-hybridized carbons (Fsp3) is 0.692. The Bertz CT molecular complexity index is 511. The molecule has 1 aliphatic heterocycles. The van der Waals surface area contributed by atoms with Gasteiger partial charge in [0.15, 0.2) is 5.69 Å². The van der Waals surface area contributed by atoms with Crippen molar-refractivity contribution in [2.45, 2.75) is 26.9 Å². The summed E-state index contributed by atoms with van der Waals surface area (Å²) < 4.78 is 42.3. The van der Waals surface area contributed by atoms with Gasteiger partial charge in [-0.2, -0.15) is 18.2 Å². The summed E-state index contributed by atoms with van der Waals surface area (Å²) in [5.74, 6) is 0.0329. The molecule has 0 radical (unpaired) electrons. The summed E-state index contributed by atoms with van der Waals surface area (Å²) in [7, 11) is 0. The molecule has 0 aliphatic carbocycles. The van der Waals surface area contributed by atoms with E-state index < -0.39 is 17.3 Å². The van der Waals surface area contributed by atoms with E-state index in [0.717, 1.165) is 0 Å². The van der Waals surface area contributed by atoms with E-state index >= 15 is 0 Å². The van der Waals surface area contributed by atoms with Gasteiger partial charge in [-0.3, -0.25) is 4.79 Å². The lowest BCUT2D eigenvalue weighted by Crippen LogP contribution is -2.51. The van der Waals surface area contributed by atoms with Crippen molar-refractivity contribution in [3.63, 3.8) is 0 Å². The van der Waals surface area contributed by atoms with Crippen LogP contribution in [0.2, 0.25) is 0 Å². The number of carbonyl (C=O) groups is 1. The quantitative estimate of drug-likeness (QED) is 0.799. The van der Waals surface area contributed by atoms with E-state index in [1.165, 1.54) is 0 Å². The topological polar surface area (TPSA) is 49.6 Å². The molecule has 1 saturated heterocycles. The van der Waals surface area contributed by atoms with Gasteiger partial charge in [-0.15, -0.1) is 0 Å². The first kappa shape index (κ1) is 15.7. The molecular formula is C13H18F3N3O2. The second-order valence-corrected chi connectivity index (χ2v) is 6.04. The minimum absolute atomic E-state index is 0.0329. The highest BCUT2D eigenvalue weighted by atomic mass is 19.4. The maximum atomic E-state index is 12.5. The monoisotopic (exact) mass is 305 g/mol. The van der Waals surface area contributed by atoms with Crippen LogP contribution in [0.3, 0.4) is 0 Å². The largest absolute Gasteiger partial charge is 0.436 e.